The molecule has 1 amide bonds. The van der Waals surface area contributed by atoms with Crippen LogP contribution in [0.5, 0.6) is 0 Å². The molecule has 0 aliphatic carbocycles. The number of carbonyl (C=O) groups is 1. The van der Waals surface area contributed by atoms with E-state index < -0.39 is 0 Å². The maximum absolute atomic E-state index is 11.7. The summed E-state index contributed by atoms with van der Waals surface area (Å²) in [4.78, 5) is 11.7. The Kier molecular flexibility index (Phi) is 4.06. The Morgan fingerprint density at radius 2 is 2.16 bits per heavy atom. The number of benzene rings is 1. The van der Waals surface area contributed by atoms with E-state index in [2.05, 4.69) is 15.8 Å². The van der Waals surface area contributed by atoms with Gasteiger partial charge >= 0.3 is 0 Å². The van der Waals surface area contributed by atoms with Crippen LogP contribution >= 0.6 is 11.6 Å². The first-order chi connectivity index (χ1) is 9.04. The number of nitrogens with one attached hydrogen (secondary N) is 2. The minimum atomic E-state index is -0.212. The van der Waals surface area contributed by atoms with E-state index in [1.54, 1.807) is 25.1 Å². The smallest absolute Gasteiger partial charge is 0.246 e. The van der Waals surface area contributed by atoms with Crippen LogP contribution in [0.1, 0.15) is 11.3 Å². The van der Waals surface area contributed by atoms with E-state index in [-0.39, 0.29) is 12.5 Å². The summed E-state index contributed by atoms with van der Waals surface area (Å²) in [6.45, 7) is 3.85. The second-order valence-corrected chi connectivity index (χ2v) is 4.63. The second-order valence-electron chi connectivity index (χ2n) is 4.19. The van der Waals surface area contributed by atoms with Gasteiger partial charge in [0.05, 0.1) is 12.2 Å². The fourth-order valence-electron chi connectivity index (χ4n) is 1.56. The molecule has 0 radical (unpaired) electrons. The molecule has 0 fully saturated rings. The zero-order chi connectivity index (χ0) is 13.8. The fourth-order valence-corrected chi connectivity index (χ4v) is 1.74. The molecule has 1 aromatic heterocycles. The fraction of sp³-hybridized carbons (Fsp3) is 0.231. The number of nitrogens with zero attached hydrogens (tertiary/aromatic N) is 1. The third-order valence-electron chi connectivity index (χ3n) is 2.53. The summed E-state index contributed by atoms with van der Waals surface area (Å²) < 4.78 is 4.90. The molecule has 0 atom stereocenters. The van der Waals surface area contributed by atoms with E-state index in [0.29, 0.717) is 16.6 Å². The maximum Gasteiger partial charge on any atom is 0.246 e. The lowest BCUT2D eigenvalue weighted by atomic mass is 10.2. The average Bonchev–Trinajstić information content (AvgIpc) is 2.76. The van der Waals surface area contributed by atoms with Gasteiger partial charge in [-0.25, -0.2) is 0 Å². The van der Waals surface area contributed by atoms with Crippen LogP contribution in [0.4, 0.5) is 11.6 Å². The molecular weight excluding hydrogens is 266 g/mol. The maximum atomic E-state index is 11.7. The molecule has 0 aliphatic rings. The molecule has 1 heterocycles. The number of rotatable bonds is 4. The van der Waals surface area contributed by atoms with Gasteiger partial charge in [0.25, 0.3) is 0 Å². The zero-order valence-corrected chi connectivity index (χ0v) is 11.4. The first kappa shape index (κ1) is 13.4. The molecule has 0 spiro atoms. The highest BCUT2D eigenvalue weighted by atomic mass is 35.5. The number of anilines is 2. The Balaban J connectivity index is 1.91. The highest BCUT2D eigenvalue weighted by Gasteiger charge is 2.07. The first-order valence-electron chi connectivity index (χ1n) is 5.78. The highest BCUT2D eigenvalue weighted by Crippen LogP contribution is 2.19. The predicted octanol–water partition coefficient (Wildman–Crippen LogP) is 3.00. The largest absolute Gasteiger partial charge is 0.376 e. The van der Waals surface area contributed by atoms with Gasteiger partial charge in [0.15, 0.2) is 0 Å². The van der Waals surface area contributed by atoms with Crippen LogP contribution in [0.15, 0.2) is 28.8 Å². The van der Waals surface area contributed by atoms with Crippen molar-refractivity contribution in [2.45, 2.75) is 13.8 Å². The van der Waals surface area contributed by atoms with Gasteiger partial charge in [-0.3, -0.25) is 10.1 Å². The van der Waals surface area contributed by atoms with E-state index in [1.165, 1.54) is 0 Å². The molecule has 0 saturated heterocycles. The number of carbonyl (C=O) groups excluding carboxylic acids is 1. The van der Waals surface area contributed by atoms with Crippen molar-refractivity contribution in [3.05, 3.63) is 40.5 Å². The molecule has 0 saturated carbocycles. The predicted molar refractivity (Wildman–Crippen MR) is 74.5 cm³/mol. The van der Waals surface area contributed by atoms with E-state index >= 15 is 0 Å². The van der Waals surface area contributed by atoms with Gasteiger partial charge in [0.1, 0.15) is 0 Å². The van der Waals surface area contributed by atoms with Crippen LogP contribution in [0, 0.1) is 13.8 Å². The Morgan fingerprint density at radius 1 is 1.37 bits per heavy atom. The Hall–Kier alpha value is -2.01. The van der Waals surface area contributed by atoms with E-state index in [1.807, 2.05) is 13.0 Å². The van der Waals surface area contributed by atoms with Gasteiger partial charge in [-0.2, -0.15) is 0 Å². The number of hydrogen-bond donors (Lipinski definition) is 2. The molecule has 5 nitrogen and oxygen atoms in total. The summed E-state index contributed by atoms with van der Waals surface area (Å²) in [6, 6.07) is 7.13. The molecule has 19 heavy (non-hydrogen) atoms. The molecule has 2 N–H and O–H groups in total. The quantitative estimate of drug-likeness (QED) is 0.903. The topological polar surface area (TPSA) is 67.2 Å². The van der Waals surface area contributed by atoms with Crippen molar-refractivity contribution in [1.29, 1.82) is 0 Å². The Bertz CT molecular complexity index is 595. The van der Waals surface area contributed by atoms with Crippen molar-refractivity contribution in [3.8, 4) is 0 Å². The van der Waals surface area contributed by atoms with Crippen molar-refractivity contribution < 1.29 is 9.32 Å². The molecule has 100 valence electrons. The molecular formula is C13H14ClN3O2. The lowest BCUT2D eigenvalue weighted by molar-refractivity contribution is -0.114. The van der Waals surface area contributed by atoms with Crippen LogP contribution in [0.25, 0.3) is 0 Å². The third-order valence-corrected chi connectivity index (χ3v) is 2.76. The standard InChI is InChI=1S/C13H14ClN3O2/c1-8-3-4-10(14)6-11(8)15-7-12(18)16-13-5-9(2)17-19-13/h3-6,15H,7H2,1-2H3,(H,16,18). The molecule has 0 aliphatic heterocycles. The van der Waals surface area contributed by atoms with Crippen molar-refractivity contribution in [2.24, 2.45) is 0 Å². The summed E-state index contributed by atoms with van der Waals surface area (Å²) in [6.07, 6.45) is 0. The molecule has 2 aromatic rings. The number of aromatic nitrogens is 1. The molecule has 6 heteroatoms. The summed E-state index contributed by atoms with van der Waals surface area (Å²) in [5, 5.41) is 9.94. The van der Waals surface area contributed by atoms with Crippen LogP contribution in [0.3, 0.4) is 0 Å². The van der Waals surface area contributed by atoms with Gasteiger partial charge in [0, 0.05) is 16.8 Å². The number of halogens is 1. The summed E-state index contributed by atoms with van der Waals surface area (Å²) in [7, 11) is 0. The van der Waals surface area contributed by atoms with Crippen molar-refractivity contribution >= 4 is 29.1 Å². The normalized spacial score (nSPS) is 10.3. The summed E-state index contributed by atoms with van der Waals surface area (Å²) in [5.41, 5.74) is 2.57. The van der Waals surface area contributed by atoms with E-state index in [0.717, 1.165) is 11.3 Å². The number of hydrogen-bond acceptors (Lipinski definition) is 4. The van der Waals surface area contributed by atoms with Crippen molar-refractivity contribution in [2.75, 3.05) is 17.2 Å². The molecule has 1 aromatic carbocycles. The highest BCUT2D eigenvalue weighted by molar-refractivity contribution is 6.30. The number of amides is 1. The Labute approximate surface area is 115 Å². The van der Waals surface area contributed by atoms with Crippen LogP contribution in [0.2, 0.25) is 5.02 Å². The lowest BCUT2D eigenvalue weighted by Gasteiger charge is -2.09. The second kappa shape index (κ2) is 5.75. The summed E-state index contributed by atoms with van der Waals surface area (Å²) >= 11 is 5.90. The van der Waals surface area contributed by atoms with Gasteiger partial charge in [0.2, 0.25) is 11.8 Å². The van der Waals surface area contributed by atoms with Gasteiger partial charge in [-0.05, 0) is 31.5 Å². The lowest BCUT2D eigenvalue weighted by Crippen LogP contribution is -2.21. The van der Waals surface area contributed by atoms with Crippen LogP contribution in [-0.4, -0.2) is 17.6 Å². The zero-order valence-electron chi connectivity index (χ0n) is 10.7. The van der Waals surface area contributed by atoms with Crippen LogP contribution in [-0.2, 0) is 4.79 Å². The Morgan fingerprint density at radius 3 is 2.84 bits per heavy atom. The summed E-state index contributed by atoms with van der Waals surface area (Å²) in [5.74, 6) is 0.127. The van der Waals surface area contributed by atoms with Crippen molar-refractivity contribution in [1.82, 2.24) is 5.16 Å². The van der Waals surface area contributed by atoms with Crippen LogP contribution < -0.4 is 10.6 Å². The third kappa shape index (κ3) is 3.72. The van der Waals surface area contributed by atoms with E-state index in [9.17, 15) is 4.79 Å². The minimum absolute atomic E-state index is 0.126. The number of aryl methyl sites for hydroxylation is 2. The first-order valence-corrected chi connectivity index (χ1v) is 6.15. The molecule has 0 bridgehead atoms. The molecule has 0 unspecified atom stereocenters. The van der Waals surface area contributed by atoms with Gasteiger partial charge < -0.3 is 9.84 Å². The monoisotopic (exact) mass is 279 g/mol. The van der Waals surface area contributed by atoms with Gasteiger partial charge in [-0.1, -0.05) is 22.8 Å². The van der Waals surface area contributed by atoms with E-state index in [4.69, 9.17) is 16.1 Å². The molecule has 2 rings (SSSR count). The van der Waals surface area contributed by atoms with Crippen molar-refractivity contribution in [3.63, 3.8) is 0 Å². The SMILES string of the molecule is Cc1cc(NC(=O)CNc2cc(Cl)ccc2C)on1. The average molecular weight is 280 g/mol. The van der Waals surface area contributed by atoms with Gasteiger partial charge in [-0.15, -0.1) is 0 Å². The minimum Gasteiger partial charge on any atom is -0.376 e.